The van der Waals surface area contributed by atoms with Crippen molar-refractivity contribution in [3.63, 3.8) is 0 Å². The van der Waals surface area contributed by atoms with Gasteiger partial charge in [-0.2, -0.15) is 0 Å². The Hall–Kier alpha value is -2.98. The highest BCUT2D eigenvalue weighted by Gasteiger charge is 2.35. The van der Waals surface area contributed by atoms with E-state index >= 15 is 0 Å². The number of aromatic amines is 1. The monoisotopic (exact) mass is 350 g/mol. The van der Waals surface area contributed by atoms with Gasteiger partial charge in [-0.3, -0.25) is 10.1 Å². The summed E-state index contributed by atoms with van der Waals surface area (Å²) in [6.45, 7) is 1.19. The maximum absolute atomic E-state index is 13.9. The van der Waals surface area contributed by atoms with E-state index < -0.39 is 62.5 Å². The summed E-state index contributed by atoms with van der Waals surface area (Å²) in [5, 5.41) is 11.0. The number of nitrogens with one attached hydrogen (secondary N) is 1. The molecule has 0 atom stereocenters. The van der Waals surface area contributed by atoms with Crippen molar-refractivity contribution in [3.8, 4) is 11.1 Å². The predicted molar refractivity (Wildman–Crippen MR) is 68.6 cm³/mol. The normalized spacial score (nSPS) is 10.8. The highest BCUT2D eigenvalue weighted by molar-refractivity contribution is 5.98. The van der Waals surface area contributed by atoms with Crippen LogP contribution in [-0.2, 0) is 4.74 Å². The molecule has 0 radical (unpaired) electrons. The summed E-state index contributed by atoms with van der Waals surface area (Å²) in [4.78, 5) is 23.6. The molecule has 1 heterocycles. The van der Waals surface area contributed by atoms with Gasteiger partial charge < -0.3 is 9.72 Å². The van der Waals surface area contributed by atoms with Crippen LogP contribution < -0.4 is 0 Å². The van der Waals surface area contributed by atoms with Gasteiger partial charge in [0.15, 0.2) is 23.3 Å². The van der Waals surface area contributed by atoms with Crippen molar-refractivity contribution < 1.29 is 36.4 Å². The Labute approximate surface area is 130 Å². The van der Waals surface area contributed by atoms with E-state index in [0.717, 1.165) is 0 Å². The van der Waals surface area contributed by atoms with Gasteiger partial charge >= 0.3 is 5.97 Å². The van der Waals surface area contributed by atoms with Crippen molar-refractivity contribution in [2.75, 3.05) is 6.61 Å². The van der Waals surface area contributed by atoms with Gasteiger partial charge in [-0.1, -0.05) is 0 Å². The smallest absolute Gasteiger partial charge is 0.355 e. The lowest BCUT2D eigenvalue weighted by Gasteiger charge is -2.09. The number of hydrogen-bond acceptors (Lipinski definition) is 4. The molecule has 0 aliphatic heterocycles. The Balaban J connectivity index is 2.89. The average molecular weight is 350 g/mol. The van der Waals surface area contributed by atoms with Crippen molar-refractivity contribution in [1.29, 1.82) is 0 Å². The number of nitrogens with zero attached hydrogens (tertiary/aromatic N) is 1. The predicted octanol–water partition coefficient (Wildman–Crippen LogP) is 3.46. The second kappa shape index (κ2) is 6.26. The third-order valence-electron chi connectivity index (χ3n) is 3.00. The fourth-order valence-corrected chi connectivity index (χ4v) is 2.00. The van der Waals surface area contributed by atoms with Crippen LogP contribution in [0.4, 0.5) is 27.6 Å². The molecule has 0 aliphatic rings. The van der Waals surface area contributed by atoms with Gasteiger partial charge in [0.2, 0.25) is 5.82 Å². The Morgan fingerprint density at radius 3 is 2.04 bits per heavy atom. The van der Waals surface area contributed by atoms with Gasteiger partial charge in [0, 0.05) is 0 Å². The molecule has 0 saturated heterocycles. The topological polar surface area (TPSA) is 85.2 Å². The summed E-state index contributed by atoms with van der Waals surface area (Å²) in [5.41, 5.74) is -4.55. The number of esters is 1. The van der Waals surface area contributed by atoms with E-state index in [0.29, 0.717) is 6.20 Å². The molecule has 2 aromatic rings. The van der Waals surface area contributed by atoms with Crippen molar-refractivity contribution in [3.05, 3.63) is 51.1 Å². The van der Waals surface area contributed by atoms with E-state index in [-0.39, 0.29) is 6.61 Å². The maximum atomic E-state index is 13.9. The summed E-state index contributed by atoms with van der Waals surface area (Å²) in [7, 11) is 0. The molecule has 1 aromatic heterocycles. The molecule has 128 valence electrons. The number of benzene rings is 1. The first-order chi connectivity index (χ1) is 11.2. The number of hydrogen-bond donors (Lipinski definition) is 1. The molecule has 6 nitrogen and oxygen atoms in total. The summed E-state index contributed by atoms with van der Waals surface area (Å²) in [6.07, 6.45) is 0.583. The van der Waals surface area contributed by atoms with Crippen LogP contribution in [0.2, 0.25) is 0 Å². The number of nitro groups is 1. The van der Waals surface area contributed by atoms with Crippen LogP contribution in [0.3, 0.4) is 0 Å². The van der Waals surface area contributed by atoms with Crippen molar-refractivity contribution in [2.24, 2.45) is 0 Å². The molecule has 0 spiro atoms. The molecule has 0 saturated carbocycles. The Morgan fingerprint density at radius 2 is 1.58 bits per heavy atom. The minimum Gasteiger partial charge on any atom is -0.461 e. The Morgan fingerprint density at radius 1 is 1.08 bits per heavy atom. The van der Waals surface area contributed by atoms with Crippen LogP contribution in [0.1, 0.15) is 17.4 Å². The molecular weight excluding hydrogens is 343 g/mol. The molecule has 2 rings (SSSR count). The zero-order valence-corrected chi connectivity index (χ0v) is 11.8. The number of carbonyl (C=O) groups is 1. The zero-order chi connectivity index (χ0) is 18.2. The number of H-pyrrole nitrogens is 1. The molecule has 0 unspecified atom stereocenters. The van der Waals surface area contributed by atoms with Gasteiger partial charge in [0.1, 0.15) is 5.69 Å². The van der Waals surface area contributed by atoms with Crippen molar-refractivity contribution in [1.82, 2.24) is 4.98 Å². The Bertz CT molecular complexity index is 820. The quantitative estimate of drug-likeness (QED) is 0.229. The van der Waals surface area contributed by atoms with Crippen LogP contribution in [0.15, 0.2) is 6.20 Å². The summed E-state index contributed by atoms with van der Waals surface area (Å²) >= 11 is 0. The number of aromatic nitrogens is 1. The zero-order valence-electron chi connectivity index (χ0n) is 11.8. The van der Waals surface area contributed by atoms with Crippen LogP contribution in [0, 0.1) is 39.2 Å². The number of carbonyl (C=O) groups excluding carboxylic acids is 1. The lowest BCUT2D eigenvalue weighted by Crippen LogP contribution is -2.10. The molecule has 0 aliphatic carbocycles. The van der Waals surface area contributed by atoms with E-state index in [2.05, 4.69) is 9.72 Å². The van der Waals surface area contributed by atoms with Gasteiger partial charge in [-0.05, 0) is 6.92 Å². The van der Waals surface area contributed by atoms with E-state index in [1.54, 1.807) is 0 Å². The summed E-state index contributed by atoms with van der Waals surface area (Å²) in [5.74, 6) is -12.9. The highest BCUT2D eigenvalue weighted by atomic mass is 19.2. The fourth-order valence-electron chi connectivity index (χ4n) is 2.00. The number of halogens is 5. The van der Waals surface area contributed by atoms with Crippen LogP contribution >= 0.6 is 0 Å². The summed E-state index contributed by atoms with van der Waals surface area (Å²) < 4.78 is 72.2. The van der Waals surface area contributed by atoms with Crippen LogP contribution in [0.5, 0.6) is 0 Å². The standard InChI is InChI=1S/C13H7F5N2O4/c1-2-24-13(21)12-5(4(3-19-12)20(22)23)6-7(14)9(16)11(18)10(17)8(6)15/h3,19H,2H2,1H3. The van der Waals surface area contributed by atoms with Crippen LogP contribution in [-0.4, -0.2) is 22.5 Å². The fraction of sp³-hybridized carbons (Fsp3) is 0.154. The number of rotatable bonds is 4. The Kier molecular flexibility index (Phi) is 4.53. The van der Waals surface area contributed by atoms with E-state index in [4.69, 9.17) is 0 Å². The minimum absolute atomic E-state index is 0.192. The van der Waals surface area contributed by atoms with Gasteiger partial charge in [-0.25, -0.2) is 26.7 Å². The first-order valence-electron chi connectivity index (χ1n) is 6.27. The molecular formula is C13H7F5N2O4. The minimum atomic E-state index is -2.43. The first kappa shape index (κ1) is 17.4. The van der Waals surface area contributed by atoms with Crippen molar-refractivity contribution >= 4 is 11.7 Å². The van der Waals surface area contributed by atoms with Crippen LogP contribution in [0.25, 0.3) is 11.1 Å². The van der Waals surface area contributed by atoms with Gasteiger partial charge in [-0.15, -0.1) is 0 Å². The lowest BCUT2D eigenvalue weighted by molar-refractivity contribution is -0.384. The third-order valence-corrected chi connectivity index (χ3v) is 3.00. The first-order valence-corrected chi connectivity index (χ1v) is 6.27. The van der Waals surface area contributed by atoms with Gasteiger partial charge in [0.05, 0.1) is 28.9 Å². The molecule has 0 amide bonds. The second-order valence-electron chi connectivity index (χ2n) is 4.35. The largest absolute Gasteiger partial charge is 0.461 e. The molecule has 0 fully saturated rings. The molecule has 1 aromatic carbocycles. The second-order valence-corrected chi connectivity index (χ2v) is 4.35. The molecule has 0 bridgehead atoms. The molecule has 24 heavy (non-hydrogen) atoms. The van der Waals surface area contributed by atoms with E-state index in [1.165, 1.54) is 6.92 Å². The number of ether oxygens (including phenoxy) is 1. The molecule has 1 N–H and O–H groups in total. The molecule has 11 heteroatoms. The highest BCUT2D eigenvalue weighted by Crippen LogP contribution is 2.39. The third kappa shape index (κ3) is 2.57. The van der Waals surface area contributed by atoms with E-state index in [9.17, 15) is 36.9 Å². The van der Waals surface area contributed by atoms with E-state index in [1.807, 2.05) is 0 Å². The maximum Gasteiger partial charge on any atom is 0.355 e. The van der Waals surface area contributed by atoms with Gasteiger partial charge in [0.25, 0.3) is 5.69 Å². The van der Waals surface area contributed by atoms with Crippen molar-refractivity contribution in [2.45, 2.75) is 6.92 Å². The SMILES string of the molecule is CCOC(=O)c1[nH]cc([N+](=O)[O-])c1-c1c(F)c(F)c(F)c(F)c1F. The lowest BCUT2D eigenvalue weighted by atomic mass is 10.0. The average Bonchev–Trinajstić information content (AvgIpc) is 2.96. The summed E-state index contributed by atoms with van der Waals surface area (Å²) in [6, 6.07) is 0.